The Morgan fingerprint density at radius 3 is 2.43 bits per heavy atom. The molecule has 0 atom stereocenters. The molecule has 10 heteroatoms. The molecule has 0 bridgehead atoms. The standard InChI is InChI=1S/C18H20N2O7S/c1-13-6-4-5-7-14(13)11-19(12-18(21)27-3)28(24,25)17-9-8-15(20(22)23)10-16(17)26-2/h4-10H,11-12H2,1-3H3. The average molecular weight is 408 g/mol. The highest BCUT2D eigenvalue weighted by molar-refractivity contribution is 7.89. The van der Waals surface area contributed by atoms with Crippen LogP contribution in [0.15, 0.2) is 47.4 Å². The number of hydrogen-bond acceptors (Lipinski definition) is 7. The summed E-state index contributed by atoms with van der Waals surface area (Å²) >= 11 is 0. The van der Waals surface area contributed by atoms with E-state index in [1.54, 1.807) is 12.1 Å². The number of nitro groups is 1. The predicted octanol–water partition coefficient (Wildman–Crippen LogP) is 2.28. The van der Waals surface area contributed by atoms with Crippen molar-refractivity contribution in [2.75, 3.05) is 20.8 Å². The minimum Gasteiger partial charge on any atom is -0.495 e. The number of rotatable bonds is 8. The van der Waals surface area contributed by atoms with Gasteiger partial charge in [0.2, 0.25) is 10.0 Å². The molecule has 0 spiro atoms. The van der Waals surface area contributed by atoms with Crippen molar-refractivity contribution in [3.8, 4) is 5.75 Å². The third-order valence-electron chi connectivity index (χ3n) is 4.12. The highest BCUT2D eigenvalue weighted by Gasteiger charge is 2.31. The first kappa shape index (κ1) is 21.3. The number of nitrogens with zero attached hydrogens (tertiary/aromatic N) is 2. The molecule has 0 N–H and O–H groups in total. The fourth-order valence-electron chi connectivity index (χ4n) is 2.53. The van der Waals surface area contributed by atoms with Crippen molar-refractivity contribution in [3.05, 3.63) is 63.7 Å². The lowest BCUT2D eigenvalue weighted by atomic mass is 10.1. The minimum atomic E-state index is -4.22. The van der Waals surface area contributed by atoms with Crippen molar-refractivity contribution >= 4 is 21.7 Å². The molecule has 28 heavy (non-hydrogen) atoms. The number of aryl methyl sites for hydroxylation is 1. The van der Waals surface area contributed by atoms with Gasteiger partial charge in [0.15, 0.2) is 0 Å². The van der Waals surface area contributed by atoms with Crippen LogP contribution in [-0.2, 0) is 26.1 Å². The Morgan fingerprint density at radius 1 is 1.18 bits per heavy atom. The molecule has 2 aromatic carbocycles. The Morgan fingerprint density at radius 2 is 1.86 bits per heavy atom. The van der Waals surface area contributed by atoms with Gasteiger partial charge in [-0.3, -0.25) is 14.9 Å². The van der Waals surface area contributed by atoms with E-state index in [9.17, 15) is 23.3 Å². The van der Waals surface area contributed by atoms with Crippen molar-refractivity contribution in [1.82, 2.24) is 4.31 Å². The van der Waals surface area contributed by atoms with Gasteiger partial charge in [-0.25, -0.2) is 8.42 Å². The van der Waals surface area contributed by atoms with E-state index in [0.29, 0.717) is 5.56 Å². The zero-order chi connectivity index (χ0) is 20.9. The summed E-state index contributed by atoms with van der Waals surface area (Å²) < 4.78 is 37.1. The maximum atomic E-state index is 13.2. The number of nitro benzene ring substituents is 1. The average Bonchev–Trinajstić information content (AvgIpc) is 2.68. The molecule has 0 unspecified atom stereocenters. The molecule has 2 aromatic rings. The molecule has 0 aromatic heterocycles. The van der Waals surface area contributed by atoms with Gasteiger partial charge in [-0.05, 0) is 24.1 Å². The fraction of sp³-hybridized carbons (Fsp3) is 0.278. The summed E-state index contributed by atoms with van der Waals surface area (Å²) in [4.78, 5) is 21.8. The number of esters is 1. The molecule has 2 rings (SSSR count). The van der Waals surface area contributed by atoms with E-state index in [-0.39, 0.29) is 22.9 Å². The normalized spacial score (nSPS) is 11.3. The topological polar surface area (TPSA) is 116 Å². The number of sulfonamides is 1. The first-order chi connectivity index (χ1) is 13.2. The summed E-state index contributed by atoms with van der Waals surface area (Å²) in [6, 6.07) is 10.3. The number of methoxy groups -OCH3 is 2. The van der Waals surface area contributed by atoms with Crippen LogP contribution in [0.2, 0.25) is 0 Å². The van der Waals surface area contributed by atoms with Gasteiger partial charge in [0, 0.05) is 12.6 Å². The zero-order valence-corrected chi connectivity index (χ0v) is 16.4. The minimum absolute atomic E-state index is 0.0791. The van der Waals surface area contributed by atoms with Crippen LogP contribution in [0.5, 0.6) is 5.75 Å². The van der Waals surface area contributed by atoms with Crippen LogP contribution in [0.25, 0.3) is 0 Å². The second kappa shape index (κ2) is 8.81. The van der Waals surface area contributed by atoms with Gasteiger partial charge < -0.3 is 9.47 Å². The molecule has 0 aliphatic carbocycles. The van der Waals surface area contributed by atoms with E-state index in [1.807, 2.05) is 19.1 Å². The third-order valence-corrected chi connectivity index (χ3v) is 5.95. The molecular formula is C18H20N2O7S. The third kappa shape index (κ3) is 4.65. The van der Waals surface area contributed by atoms with Crippen LogP contribution in [0.1, 0.15) is 11.1 Å². The number of hydrogen-bond donors (Lipinski definition) is 0. The molecule has 0 aliphatic heterocycles. The first-order valence-corrected chi connectivity index (χ1v) is 9.58. The molecule has 0 fully saturated rings. The molecular weight excluding hydrogens is 388 g/mol. The van der Waals surface area contributed by atoms with E-state index < -0.39 is 27.5 Å². The maximum Gasteiger partial charge on any atom is 0.321 e. The number of carbonyl (C=O) groups is 1. The summed E-state index contributed by atoms with van der Waals surface area (Å²) in [6.07, 6.45) is 0. The Balaban J connectivity index is 2.53. The molecule has 9 nitrogen and oxygen atoms in total. The lowest BCUT2D eigenvalue weighted by molar-refractivity contribution is -0.385. The van der Waals surface area contributed by atoms with Crippen LogP contribution in [0.3, 0.4) is 0 Å². The largest absolute Gasteiger partial charge is 0.495 e. The number of benzene rings is 2. The summed E-state index contributed by atoms with van der Waals surface area (Å²) in [5.41, 5.74) is 1.24. The van der Waals surface area contributed by atoms with Gasteiger partial charge in [0.25, 0.3) is 5.69 Å². The van der Waals surface area contributed by atoms with Gasteiger partial charge >= 0.3 is 5.97 Å². The second-order valence-corrected chi connectivity index (χ2v) is 7.77. The monoisotopic (exact) mass is 408 g/mol. The van der Waals surface area contributed by atoms with Crippen LogP contribution in [0.4, 0.5) is 5.69 Å². The van der Waals surface area contributed by atoms with E-state index in [2.05, 4.69) is 4.74 Å². The first-order valence-electron chi connectivity index (χ1n) is 8.14. The highest BCUT2D eigenvalue weighted by Crippen LogP contribution is 2.31. The molecule has 0 saturated carbocycles. The Kier molecular flexibility index (Phi) is 6.71. The maximum absolute atomic E-state index is 13.2. The molecule has 0 aliphatic rings. The summed E-state index contributed by atoms with van der Waals surface area (Å²) in [7, 11) is -1.85. The number of carbonyl (C=O) groups excluding carboxylic acids is 1. The lowest BCUT2D eigenvalue weighted by Crippen LogP contribution is -2.36. The van der Waals surface area contributed by atoms with Crippen LogP contribution in [0, 0.1) is 17.0 Å². The highest BCUT2D eigenvalue weighted by atomic mass is 32.2. The van der Waals surface area contributed by atoms with E-state index in [0.717, 1.165) is 35.2 Å². The van der Waals surface area contributed by atoms with Gasteiger partial charge in [-0.2, -0.15) is 4.31 Å². The van der Waals surface area contributed by atoms with Crippen LogP contribution >= 0.6 is 0 Å². The molecule has 0 radical (unpaired) electrons. The van der Waals surface area contributed by atoms with E-state index >= 15 is 0 Å². The zero-order valence-electron chi connectivity index (χ0n) is 15.6. The Bertz CT molecular complexity index is 989. The number of ether oxygens (including phenoxy) is 2. The molecule has 150 valence electrons. The molecule has 0 saturated heterocycles. The summed E-state index contributed by atoms with van der Waals surface area (Å²) in [5, 5.41) is 11.0. The van der Waals surface area contributed by atoms with Crippen molar-refractivity contribution < 1.29 is 27.6 Å². The fourth-order valence-corrected chi connectivity index (χ4v) is 4.03. The van der Waals surface area contributed by atoms with Crippen LogP contribution in [-0.4, -0.2) is 44.4 Å². The Labute approximate surface area is 162 Å². The van der Waals surface area contributed by atoms with Crippen molar-refractivity contribution in [3.63, 3.8) is 0 Å². The smallest absolute Gasteiger partial charge is 0.321 e. The van der Waals surface area contributed by atoms with Gasteiger partial charge in [0.1, 0.15) is 17.2 Å². The molecule has 0 amide bonds. The quantitative estimate of drug-likeness (QED) is 0.374. The molecule has 0 heterocycles. The van der Waals surface area contributed by atoms with Crippen LogP contribution < -0.4 is 4.74 Å². The van der Waals surface area contributed by atoms with E-state index in [4.69, 9.17) is 4.74 Å². The van der Waals surface area contributed by atoms with Gasteiger partial charge in [-0.15, -0.1) is 0 Å². The summed E-state index contributed by atoms with van der Waals surface area (Å²) in [5.74, 6) is -0.924. The van der Waals surface area contributed by atoms with E-state index in [1.165, 1.54) is 7.11 Å². The van der Waals surface area contributed by atoms with Crippen molar-refractivity contribution in [2.45, 2.75) is 18.4 Å². The second-order valence-electron chi connectivity index (χ2n) is 5.87. The van der Waals surface area contributed by atoms with Gasteiger partial charge in [0.05, 0.1) is 25.2 Å². The summed E-state index contributed by atoms with van der Waals surface area (Å²) in [6.45, 7) is 1.22. The van der Waals surface area contributed by atoms with Crippen molar-refractivity contribution in [2.24, 2.45) is 0 Å². The van der Waals surface area contributed by atoms with Crippen molar-refractivity contribution in [1.29, 1.82) is 0 Å². The lowest BCUT2D eigenvalue weighted by Gasteiger charge is -2.23. The Hall–Kier alpha value is -2.98. The van der Waals surface area contributed by atoms with Gasteiger partial charge in [-0.1, -0.05) is 24.3 Å². The predicted molar refractivity (Wildman–Crippen MR) is 100 cm³/mol. The number of non-ortho nitro benzene ring substituents is 1. The SMILES string of the molecule is COC(=O)CN(Cc1ccccc1C)S(=O)(=O)c1ccc([N+](=O)[O-])cc1OC.